The van der Waals surface area contributed by atoms with Crippen LogP contribution in [0.3, 0.4) is 0 Å². The predicted octanol–water partition coefficient (Wildman–Crippen LogP) is 1.42. The highest BCUT2D eigenvalue weighted by Gasteiger charge is 2.02. The highest BCUT2D eigenvalue weighted by atomic mass is 32.1. The maximum Gasteiger partial charge on any atom is 0.205 e. The first-order valence-corrected chi connectivity index (χ1v) is 4.47. The van der Waals surface area contributed by atoms with Gasteiger partial charge in [-0.1, -0.05) is 11.3 Å². The molecule has 1 heterocycles. The van der Waals surface area contributed by atoms with Gasteiger partial charge in [0.2, 0.25) is 5.13 Å². The topological polar surface area (TPSA) is 61.6 Å². The number of anilines is 1. The van der Waals surface area contributed by atoms with Crippen LogP contribution >= 0.6 is 11.3 Å². The number of nitrogens with zero attached hydrogens (tertiary/aromatic N) is 3. The minimum atomic E-state index is 0.00852. The van der Waals surface area contributed by atoms with Gasteiger partial charge in [0.05, 0.1) is 12.0 Å². The Balaban J connectivity index is 2.39. The minimum absolute atomic E-state index is 0.00852. The molecule has 5 heteroatoms. The summed E-state index contributed by atoms with van der Waals surface area (Å²) in [6, 6.07) is 2.14. The average Bonchev–Trinajstić information content (AvgIpc) is 2.47. The molecule has 1 N–H and O–H groups in total. The molecule has 0 aliphatic rings. The van der Waals surface area contributed by atoms with Crippen LogP contribution in [0.25, 0.3) is 0 Å². The fraction of sp³-hybridized carbons (Fsp3) is 0.571. The maximum absolute atomic E-state index is 8.50. The molecule has 0 fully saturated rings. The summed E-state index contributed by atoms with van der Waals surface area (Å²) in [6.45, 7) is 4.39. The summed E-state index contributed by atoms with van der Waals surface area (Å²) in [5.74, 6) is 0.00852. The summed E-state index contributed by atoms with van der Waals surface area (Å²) in [5.41, 5.74) is 0. The summed E-state index contributed by atoms with van der Waals surface area (Å²) < 4.78 is 0. The van der Waals surface area contributed by atoms with Crippen molar-refractivity contribution in [1.82, 2.24) is 10.2 Å². The Hall–Kier alpha value is -1.15. The number of hydrogen-bond donors (Lipinski definition) is 1. The van der Waals surface area contributed by atoms with Crippen molar-refractivity contribution in [2.75, 3.05) is 11.9 Å². The van der Waals surface area contributed by atoms with Crippen molar-refractivity contribution in [3.05, 3.63) is 5.01 Å². The molecule has 12 heavy (non-hydrogen) atoms. The molecule has 1 aromatic heterocycles. The highest BCUT2D eigenvalue weighted by molar-refractivity contribution is 7.15. The molecule has 0 saturated heterocycles. The molecule has 0 aliphatic heterocycles. The summed E-state index contributed by atoms with van der Waals surface area (Å²) >= 11 is 1.50. The first kappa shape index (κ1) is 8.94. The minimum Gasteiger partial charge on any atom is -0.359 e. The lowest BCUT2D eigenvalue weighted by Crippen LogP contribution is -2.08. The fourth-order valence-electron chi connectivity index (χ4n) is 0.654. The lowest BCUT2D eigenvalue weighted by atomic mass is 10.2. The molecule has 4 nitrogen and oxygen atoms in total. The van der Waals surface area contributed by atoms with Crippen LogP contribution in [0.15, 0.2) is 0 Å². The van der Waals surface area contributed by atoms with Crippen molar-refractivity contribution in [2.45, 2.75) is 13.8 Å². The van der Waals surface area contributed by atoms with Crippen LogP contribution < -0.4 is 5.32 Å². The first-order chi connectivity index (χ1) is 5.72. The molecular formula is C7H10N4S. The van der Waals surface area contributed by atoms with Crippen LogP contribution in [0.2, 0.25) is 0 Å². The molecule has 0 aliphatic carbocycles. The Morgan fingerprint density at radius 1 is 1.67 bits per heavy atom. The molecule has 1 atom stereocenters. The Morgan fingerprint density at radius 3 is 2.92 bits per heavy atom. The third kappa shape index (κ3) is 2.47. The van der Waals surface area contributed by atoms with Crippen LogP contribution in [-0.4, -0.2) is 16.7 Å². The standard InChI is InChI=1S/C7H10N4S/c1-5(3-8)4-9-7-11-10-6(2)12-7/h5H,4H2,1-2H3,(H,9,11). The lowest BCUT2D eigenvalue weighted by Gasteiger charge is -2.01. The third-order valence-electron chi connectivity index (χ3n) is 1.31. The van der Waals surface area contributed by atoms with Gasteiger partial charge < -0.3 is 5.32 Å². The SMILES string of the molecule is Cc1nnc(NCC(C)C#N)s1. The average molecular weight is 182 g/mol. The van der Waals surface area contributed by atoms with E-state index in [0.29, 0.717) is 6.54 Å². The van der Waals surface area contributed by atoms with E-state index in [1.54, 1.807) is 0 Å². The number of hydrogen-bond acceptors (Lipinski definition) is 5. The quantitative estimate of drug-likeness (QED) is 0.768. The van der Waals surface area contributed by atoms with Gasteiger partial charge in [0.25, 0.3) is 0 Å². The van der Waals surface area contributed by atoms with Crippen LogP contribution in [-0.2, 0) is 0 Å². The van der Waals surface area contributed by atoms with Crippen molar-refractivity contribution < 1.29 is 0 Å². The van der Waals surface area contributed by atoms with Crippen LogP contribution in [0, 0.1) is 24.2 Å². The molecular weight excluding hydrogens is 172 g/mol. The van der Waals surface area contributed by atoms with E-state index in [9.17, 15) is 0 Å². The molecule has 1 aromatic rings. The summed E-state index contributed by atoms with van der Waals surface area (Å²) in [6.07, 6.45) is 0. The molecule has 0 amide bonds. The Labute approximate surface area is 75.2 Å². The fourth-order valence-corrected chi connectivity index (χ4v) is 1.25. The largest absolute Gasteiger partial charge is 0.359 e. The zero-order valence-corrected chi connectivity index (χ0v) is 7.85. The van der Waals surface area contributed by atoms with E-state index in [0.717, 1.165) is 10.1 Å². The molecule has 0 aromatic carbocycles. The Bertz CT molecular complexity index is 288. The van der Waals surface area contributed by atoms with Crippen molar-refractivity contribution >= 4 is 16.5 Å². The van der Waals surface area contributed by atoms with Crippen LogP contribution in [0.5, 0.6) is 0 Å². The van der Waals surface area contributed by atoms with Gasteiger partial charge in [-0.15, -0.1) is 10.2 Å². The van der Waals surface area contributed by atoms with Gasteiger partial charge in [0, 0.05) is 6.54 Å². The summed E-state index contributed by atoms with van der Waals surface area (Å²) in [4.78, 5) is 0. The normalized spacial score (nSPS) is 12.1. The number of aromatic nitrogens is 2. The van der Waals surface area contributed by atoms with Crippen molar-refractivity contribution in [3.8, 4) is 6.07 Å². The second kappa shape index (κ2) is 4.02. The molecule has 1 unspecified atom stereocenters. The van der Waals surface area contributed by atoms with E-state index >= 15 is 0 Å². The third-order valence-corrected chi connectivity index (χ3v) is 2.10. The molecule has 0 bridgehead atoms. The molecule has 0 saturated carbocycles. The number of nitrogens with one attached hydrogen (secondary N) is 1. The molecule has 1 rings (SSSR count). The number of nitriles is 1. The van der Waals surface area contributed by atoms with Gasteiger partial charge in [-0.3, -0.25) is 0 Å². The smallest absolute Gasteiger partial charge is 0.205 e. The zero-order valence-electron chi connectivity index (χ0n) is 7.03. The Kier molecular flexibility index (Phi) is 3.00. The number of rotatable bonds is 3. The summed E-state index contributed by atoms with van der Waals surface area (Å²) in [7, 11) is 0. The van der Waals surface area contributed by atoms with Gasteiger partial charge in [0.15, 0.2) is 0 Å². The first-order valence-electron chi connectivity index (χ1n) is 3.66. The van der Waals surface area contributed by atoms with E-state index < -0.39 is 0 Å². The highest BCUT2D eigenvalue weighted by Crippen LogP contribution is 2.13. The summed E-state index contributed by atoms with van der Waals surface area (Å²) in [5, 5.41) is 21.0. The van der Waals surface area contributed by atoms with Crippen LogP contribution in [0.1, 0.15) is 11.9 Å². The maximum atomic E-state index is 8.50. The second-order valence-corrected chi connectivity index (χ2v) is 3.72. The van der Waals surface area contributed by atoms with E-state index in [2.05, 4.69) is 21.6 Å². The molecule has 0 radical (unpaired) electrons. The lowest BCUT2D eigenvalue weighted by molar-refractivity contribution is 0.783. The Morgan fingerprint density at radius 2 is 2.42 bits per heavy atom. The van der Waals surface area contributed by atoms with E-state index in [4.69, 9.17) is 5.26 Å². The van der Waals surface area contributed by atoms with Crippen molar-refractivity contribution in [3.63, 3.8) is 0 Å². The van der Waals surface area contributed by atoms with Gasteiger partial charge in [0.1, 0.15) is 5.01 Å². The molecule has 0 spiro atoms. The van der Waals surface area contributed by atoms with Gasteiger partial charge in [-0.05, 0) is 13.8 Å². The van der Waals surface area contributed by atoms with Crippen molar-refractivity contribution in [1.29, 1.82) is 5.26 Å². The van der Waals surface area contributed by atoms with E-state index in [1.165, 1.54) is 11.3 Å². The molecule has 64 valence electrons. The van der Waals surface area contributed by atoms with E-state index in [-0.39, 0.29) is 5.92 Å². The van der Waals surface area contributed by atoms with Crippen molar-refractivity contribution in [2.24, 2.45) is 5.92 Å². The van der Waals surface area contributed by atoms with Crippen LogP contribution in [0.4, 0.5) is 5.13 Å². The van der Waals surface area contributed by atoms with Gasteiger partial charge in [-0.25, -0.2) is 0 Å². The van der Waals surface area contributed by atoms with Gasteiger partial charge >= 0.3 is 0 Å². The predicted molar refractivity (Wildman–Crippen MR) is 47.9 cm³/mol. The monoisotopic (exact) mass is 182 g/mol. The second-order valence-electron chi connectivity index (χ2n) is 2.54. The van der Waals surface area contributed by atoms with E-state index in [1.807, 2.05) is 13.8 Å². The zero-order chi connectivity index (χ0) is 8.97. The number of aryl methyl sites for hydroxylation is 1. The van der Waals surface area contributed by atoms with Gasteiger partial charge in [-0.2, -0.15) is 5.26 Å².